The molecule has 2 unspecified atom stereocenters. The van der Waals surface area contributed by atoms with Crippen molar-refractivity contribution in [3.8, 4) is 0 Å². The number of thiocarbonyl (C=S) groups is 1. The Morgan fingerprint density at radius 3 is 2.90 bits per heavy atom. The summed E-state index contributed by atoms with van der Waals surface area (Å²) >= 11 is 4.70. The van der Waals surface area contributed by atoms with E-state index in [1.54, 1.807) is 0 Å². The van der Waals surface area contributed by atoms with Gasteiger partial charge in [-0.05, 0) is 0 Å². The summed E-state index contributed by atoms with van der Waals surface area (Å²) in [4.78, 5) is 0.304. The van der Waals surface area contributed by atoms with Gasteiger partial charge in [0.05, 0.1) is 18.2 Å². The van der Waals surface area contributed by atoms with Gasteiger partial charge in [-0.3, -0.25) is 4.21 Å². The Morgan fingerprint density at radius 2 is 2.50 bits per heavy atom. The molecule has 5 heteroatoms. The second-order valence-corrected chi connectivity index (χ2v) is 4.26. The van der Waals surface area contributed by atoms with E-state index in [0.717, 1.165) is 0 Å². The minimum Gasteiger partial charge on any atom is -0.392 e. The van der Waals surface area contributed by atoms with Gasteiger partial charge < -0.3 is 10.5 Å². The predicted octanol–water partition coefficient (Wildman–Crippen LogP) is -0.580. The first-order valence-corrected chi connectivity index (χ1v) is 4.75. The van der Waals surface area contributed by atoms with Gasteiger partial charge in [-0.1, -0.05) is 12.2 Å². The molecule has 10 heavy (non-hydrogen) atoms. The summed E-state index contributed by atoms with van der Waals surface area (Å²) < 4.78 is 16.2. The maximum Gasteiger partial charge on any atom is 0.108 e. The molecule has 0 aliphatic carbocycles. The molecule has 0 radical (unpaired) electrons. The van der Waals surface area contributed by atoms with E-state index in [1.165, 1.54) is 0 Å². The van der Waals surface area contributed by atoms with Crippen LogP contribution in [0.3, 0.4) is 0 Å². The summed E-state index contributed by atoms with van der Waals surface area (Å²) in [6.45, 7) is 0.980. The highest BCUT2D eigenvalue weighted by Gasteiger charge is 2.23. The van der Waals surface area contributed by atoms with Crippen molar-refractivity contribution in [2.45, 2.75) is 5.25 Å². The van der Waals surface area contributed by atoms with E-state index in [2.05, 4.69) is 0 Å². The molecule has 1 aliphatic heterocycles. The van der Waals surface area contributed by atoms with Crippen LogP contribution in [0.4, 0.5) is 0 Å². The standard InChI is InChI=1S/C5H9NO2S2/c6-5(9)4-3-8-1-2-10(4)7/h4H,1-3H2,(H2,6,9). The highest BCUT2D eigenvalue weighted by atomic mass is 32.2. The molecule has 0 amide bonds. The largest absolute Gasteiger partial charge is 0.392 e. The predicted molar refractivity (Wildman–Crippen MR) is 44.4 cm³/mol. The molecule has 2 N–H and O–H groups in total. The molecule has 0 aromatic carbocycles. The summed E-state index contributed by atoms with van der Waals surface area (Å²) in [5.41, 5.74) is 5.32. The van der Waals surface area contributed by atoms with Crippen molar-refractivity contribution in [3.05, 3.63) is 0 Å². The number of rotatable bonds is 1. The molecule has 1 fully saturated rings. The molecule has 0 spiro atoms. The molecule has 0 saturated carbocycles. The quantitative estimate of drug-likeness (QED) is 0.547. The third-order valence-corrected chi connectivity index (χ3v) is 3.36. The van der Waals surface area contributed by atoms with Gasteiger partial charge in [-0.2, -0.15) is 0 Å². The van der Waals surface area contributed by atoms with Crippen LogP contribution < -0.4 is 5.73 Å². The second-order valence-electron chi connectivity index (χ2n) is 2.05. The lowest BCUT2D eigenvalue weighted by atomic mass is 10.4. The van der Waals surface area contributed by atoms with Gasteiger partial charge in [0, 0.05) is 16.6 Å². The van der Waals surface area contributed by atoms with Crippen LogP contribution >= 0.6 is 12.2 Å². The fourth-order valence-corrected chi connectivity index (χ4v) is 2.23. The van der Waals surface area contributed by atoms with E-state index in [1.807, 2.05) is 0 Å². The van der Waals surface area contributed by atoms with Crippen LogP contribution in [0.25, 0.3) is 0 Å². The van der Waals surface area contributed by atoms with Gasteiger partial charge >= 0.3 is 0 Å². The molecule has 1 rings (SSSR count). The first-order valence-electron chi connectivity index (χ1n) is 2.96. The SMILES string of the molecule is NC(=S)C1COCCS1=O. The van der Waals surface area contributed by atoms with E-state index >= 15 is 0 Å². The number of hydrogen-bond acceptors (Lipinski definition) is 3. The van der Waals surface area contributed by atoms with Crippen LogP contribution in [0.15, 0.2) is 0 Å². The molecule has 3 nitrogen and oxygen atoms in total. The third kappa shape index (κ3) is 1.74. The molecular formula is C5H9NO2S2. The molecule has 2 atom stereocenters. The first-order chi connectivity index (χ1) is 4.72. The lowest BCUT2D eigenvalue weighted by Gasteiger charge is -2.19. The molecule has 0 aromatic heterocycles. The van der Waals surface area contributed by atoms with Crippen molar-refractivity contribution in [2.75, 3.05) is 19.0 Å². The molecule has 1 aliphatic rings. The Morgan fingerprint density at radius 1 is 1.80 bits per heavy atom. The summed E-state index contributed by atoms with van der Waals surface area (Å²) in [5, 5.41) is -0.219. The third-order valence-electron chi connectivity index (χ3n) is 1.33. The fraction of sp³-hybridized carbons (Fsp3) is 0.800. The van der Waals surface area contributed by atoms with Gasteiger partial charge in [-0.15, -0.1) is 0 Å². The van der Waals surface area contributed by atoms with Crippen molar-refractivity contribution < 1.29 is 8.95 Å². The number of hydrogen-bond donors (Lipinski definition) is 1. The molecule has 0 bridgehead atoms. The Balaban J connectivity index is 2.56. The average Bonchev–Trinajstić information content (AvgIpc) is 1.88. The zero-order valence-corrected chi connectivity index (χ0v) is 7.04. The van der Waals surface area contributed by atoms with Gasteiger partial charge in [0.15, 0.2) is 0 Å². The fourth-order valence-electron chi connectivity index (χ4n) is 0.761. The van der Waals surface area contributed by atoms with E-state index in [0.29, 0.717) is 24.0 Å². The Labute approximate surface area is 67.4 Å². The van der Waals surface area contributed by atoms with Crippen molar-refractivity contribution in [1.82, 2.24) is 0 Å². The minimum absolute atomic E-state index is 0.219. The van der Waals surface area contributed by atoms with Gasteiger partial charge in [0.1, 0.15) is 5.25 Å². The van der Waals surface area contributed by atoms with Crippen molar-refractivity contribution in [1.29, 1.82) is 0 Å². The normalized spacial score (nSPS) is 33.6. The van der Waals surface area contributed by atoms with Crippen LogP contribution in [-0.2, 0) is 15.5 Å². The molecular weight excluding hydrogens is 170 g/mol. The van der Waals surface area contributed by atoms with Crippen LogP contribution in [0.5, 0.6) is 0 Å². The minimum atomic E-state index is -0.899. The van der Waals surface area contributed by atoms with Crippen LogP contribution in [0.2, 0.25) is 0 Å². The van der Waals surface area contributed by atoms with E-state index in [4.69, 9.17) is 22.7 Å². The van der Waals surface area contributed by atoms with E-state index < -0.39 is 10.8 Å². The Bertz CT molecular complexity index is 171. The summed E-state index contributed by atoms with van der Waals surface area (Å²) in [6, 6.07) is 0. The lowest BCUT2D eigenvalue weighted by Crippen LogP contribution is -2.40. The topological polar surface area (TPSA) is 52.3 Å². The molecule has 0 aromatic rings. The van der Waals surface area contributed by atoms with Gasteiger partial charge in [0.25, 0.3) is 0 Å². The number of nitrogens with two attached hydrogens (primary N) is 1. The second kappa shape index (κ2) is 3.41. The monoisotopic (exact) mass is 179 g/mol. The first kappa shape index (κ1) is 8.10. The van der Waals surface area contributed by atoms with Crippen LogP contribution in [-0.4, -0.2) is 33.4 Å². The van der Waals surface area contributed by atoms with Crippen molar-refractivity contribution in [3.63, 3.8) is 0 Å². The highest BCUT2D eigenvalue weighted by molar-refractivity contribution is 7.89. The molecule has 1 saturated heterocycles. The van der Waals surface area contributed by atoms with Crippen LogP contribution in [0, 0.1) is 0 Å². The van der Waals surface area contributed by atoms with E-state index in [-0.39, 0.29) is 5.25 Å². The van der Waals surface area contributed by atoms with Gasteiger partial charge in [0.2, 0.25) is 0 Å². The lowest BCUT2D eigenvalue weighted by molar-refractivity contribution is 0.151. The van der Waals surface area contributed by atoms with Gasteiger partial charge in [-0.25, -0.2) is 0 Å². The summed E-state index contributed by atoms with van der Waals surface area (Å²) in [7, 11) is -0.899. The zero-order chi connectivity index (χ0) is 7.56. The number of ether oxygens (including phenoxy) is 1. The Kier molecular flexibility index (Phi) is 2.76. The van der Waals surface area contributed by atoms with Crippen LogP contribution in [0.1, 0.15) is 0 Å². The molecule has 58 valence electrons. The maximum absolute atomic E-state index is 11.1. The summed E-state index contributed by atoms with van der Waals surface area (Å²) in [5.74, 6) is 0.558. The molecule has 1 heterocycles. The Hall–Kier alpha value is -0.0000000000000000555. The smallest absolute Gasteiger partial charge is 0.108 e. The van der Waals surface area contributed by atoms with Crippen molar-refractivity contribution in [2.24, 2.45) is 5.73 Å². The van der Waals surface area contributed by atoms with Crippen molar-refractivity contribution >= 4 is 28.0 Å². The maximum atomic E-state index is 11.1. The summed E-state index contributed by atoms with van der Waals surface area (Å²) in [6.07, 6.45) is 0. The highest BCUT2D eigenvalue weighted by Crippen LogP contribution is 2.04. The van der Waals surface area contributed by atoms with E-state index in [9.17, 15) is 4.21 Å². The average molecular weight is 179 g/mol. The zero-order valence-electron chi connectivity index (χ0n) is 5.41.